The minimum atomic E-state index is -0.639. The summed E-state index contributed by atoms with van der Waals surface area (Å²) in [5.41, 5.74) is 7.93. The topological polar surface area (TPSA) is 134 Å². The number of carboxylic acid groups (broad SMARTS) is 1. The van der Waals surface area contributed by atoms with E-state index in [9.17, 15) is 19.5 Å². The smallest absolute Gasteiger partial charge is 0.306 e. The van der Waals surface area contributed by atoms with Crippen molar-refractivity contribution in [3.8, 4) is 11.1 Å². The summed E-state index contributed by atoms with van der Waals surface area (Å²) in [7, 11) is 3.88. The van der Waals surface area contributed by atoms with Gasteiger partial charge in [-0.2, -0.15) is 0 Å². The van der Waals surface area contributed by atoms with Gasteiger partial charge in [0.2, 0.25) is 0 Å². The van der Waals surface area contributed by atoms with Gasteiger partial charge in [-0.1, -0.05) is 74.4 Å². The van der Waals surface area contributed by atoms with Gasteiger partial charge < -0.3 is 24.9 Å². The van der Waals surface area contributed by atoms with Gasteiger partial charge >= 0.3 is 5.97 Å². The fourth-order valence-corrected chi connectivity index (χ4v) is 10.8. The van der Waals surface area contributed by atoms with E-state index in [0.29, 0.717) is 45.9 Å². The first-order chi connectivity index (χ1) is 28.5. The maximum atomic E-state index is 13.9. The Morgan fingerprint density at radius 2 is 1.32 bits per heavy atom. The van der Waals surface area contributed by atoms with Gasteiger partial charge in [0.15, 0.2) is 11.6 Å². The third-order valence-electron chi connectivity index (χ3n) is 14.2. The Morgan fingerprint density at radius 1 is 0.712 bits per heavy atom. The largest absolute Gasteiger partial charge is 0.481 e. The van der Waals surface area contributed by atoms with Gasteiger partial charge in [-0.15, -0.1) is 0 Å². The summed E-state index contributed by atoms with van der Waals surface area (Å²) in [5, 5.41) is 16.0. The number of nitrogens with one attached hydrogen (secondary N) is 2. The predicted octanol–water partition coefficient (Wildman–Crippen LogP) is 9.53. The number of aliphatic carboxylic acids is 1. The molecule has 12 heteroatoms. The van der Waals surface area contributed by atoms with Crippen molar-refractivity contribution >= 4 is 40.8 Å². The van der Waals surface area contributed by atoms with Crippen LogP contribution >= 0.6 is 11.6 Å². The zero-order valence-corrected chi connectivity index (χ0v) is 35.8. The molecule has 1 aliphatic heterocycles. The molecule has 3 heterocycles. The fourth-order valence-electron chi connectivity index (χ4n) is 10.6. The monoisotopic (exact) mass is 821 g/mol. The molecule has 59 heavy (non-hydrogen) atoms. The molecular formula is C47H60ClN7O4. The third kappa shape index (κ3) is 8.87. The normalized spacial score (nSPS) is 21.5. The SMILES string of the molecule is Cc1c(NC(=O)c2nc3c(n2C)CCN(C2CCCCC2)C3)cccc1-c1cccc(NC(=O)c2nc3c(n2C)CCC(CCC2CCC(C(=O)O)CC2)CCC3)c1Cl. The van der Waals surface area contributed by atoms with Crippen molar-refractivity contribution in [3.05, 3.63) is 81.4 Å². The Balaban J connectivity index is 0.915. The van der Waals surface area contributed by atoms with Crippen molar-refractivity contribution in [3.63, 3.8) is 0 Å². The van der Waals surface area contributed by atoms with Crippen LogP contribution < -0.4 is 10.6 Å². The van der Waals surface area contributed by atoms with Gasteiger partial charge in [0.25, 0.3) is 11.8 Å². The summed E-state index contributed by atoms with van der Waals surface area (Å²) in [6.45, 7) is 3.77. The Labute approximate surface area is 353 Å². The second-order valence-corrected chi connectivity index (χ2v) is 18.1. The van der Waals surface area contributed by atoms with Crippen LogP contribution in [-0.4, -0.2) is 59.5 Å². The number of halogens is 1. The Bertz CT molecular complexity index is 2200. The Hall–Kier alpha value is -4.48. The van der Waals surface area contributed by atoms with Crippen LogP contribution in [0.5, 0.6) is 0 Å². The van der Waals surface area contributed by atoms with Crippen LogP contribution in [0.15, 0.2) is 36.4 Å². The summed E-state index contributed by atoms with van der Waals surface area (Å²) >= 11 is 7.08. The fraction of sp³-hybridized carbons (Fsp3) is 0.553. The lowest BCUT2D eigenvalue weighted by atomic mass is 9.78. The Kier molecular flexibility index (Phi) is 12.6. The van der Waals surface area contributed by atoms with Crippen molar-refractivity contribution in [1.82, 2.24) is 24.0 Å². The van der Waals surface area contributed by atoms with Gasteiger partial charge in [0.05, 0.1) is 28.0 Å². The second kappa shape index (κ2) is 18.0. The number of amides is 2. The average molecular weight is 822 g/mol. The number of nitrogens with zero attached hydrogens (tertiary/aromatic N) is 5. The molecule has 0 bridgehead atoms. The van der Waals surface area contributed by atoms with E-state index in [2.05, 4.69) is 15.5 Å². The van der Waals surface area contributed by atoms with E-state index in [0.717, 1.165) is 117 Å². The molecule has 4 aliphatic rings. The molecule has 0 spiro atoms. The molecule has 0 radical (unpaired) electrons. The number of anilines is 2. The average Bonchev–Trinajstić information content (AvgIpc) is 3.73. The van der Waals surface area contributed by atoms with E-state index in [1.807, 2.05) is 60.5 Å². The van der Waals surface area contributed by atoms with Crippen molar-refractivity contribution in [2.75, 3.05) is 17.2 Å². The number of carboxylic acids is 1. The highest BCUT2D eigenvalue weighted by Crippen LogP contribution is 2.39. The molecule has 4 aromatic rings. The number of aromatic nitrogens is 4. The molecular weight excluding hydrogens is 762 g/mol. The molecule has 8 rings (SSSR count). The summed E-state index contributed by atoms with van der Waals surface area (Å²) < 4.78 is 3.92. The van der Waals surface area contributed by atoms with Crippen LogP contribution in [-0.2, 0) is 44.7 Å². The van der Waals surface area contributed by atoms with E-state index < -0.39 is 5.97 Å². The van der Waals surface area contributed by atoms with Crippen molar-refractivity contribution in [2.24, 2.45) is 31.8 Å². The highest BCUT2D eigenvalue weighted by atomic mass is 35.5. The number of hydrogen-bond donors (Lipinski definition) is 3. The van der Waals surface area contributed by atoms with Gasteiger partial charge in [0, 0.05) is 62.3 Å². The lowest BCUT2D eigenvalue weighted by Gasteiger charge is -2.36. The summed E-state index contributed by atoms with van der Waals surface area (Å²) in [6, 6.07) is 12.0. The molecule has 2 aromatic carbocycles. The molecule has 2 fully saturated rings. The Morgan fingerprint density at radius 3 is 2.02 bits per heavy atom. The minimum absolute atomic E-state index is 0.161. The molecule has 2 saturated carbocycles. The van der Waals surface area contributed by atoms with Gasteiger partial charge in [-0.25, -0.2) is 9.97 Å². The maximum absolute atomic E-state index is 13.9. The summed E-state index contributed by atoms with van der Waals surface area (Å²) in [4.78, 5) is 51.3. The number of rotatable bonds is 10. The van der Waals surface area contributed by atoms with E-state index >= 15 is 0 Å². The number of benzene rings is 2. The van der Waals surface area contributed by atoms with Gasteiger partial charge in [-0.05, 0) is 106 Å². The lowest BCUT2D eigenvalue weighted by Crippen LogP contribution is -2.40. The van der Waals surface area contributed by atoms with Crippen molar-refractivity contribution < 1.29 is 19.5 Å². The summed E-state index contributed by atoms with van der Waals surface area (Å²) in [6.07, 6.45) is 18.3. The van der Waals surface area contributed by atoms with Crippen LogP contribution in [0.4, 0.5) is 11.4 Å². The number of imidazole rings is 2. The van der Waals surface area contributed by atoms with E-state index in [-0.39, 0.29) is 17.7 Å². The van der Waals surface area contributed by atoms with Crippen LogP contribution in [0.1, 0.15) is 139 Å². The zero-order chi connectivity index (χ0) is 41.2. The molecule has 11 nitrogen and oxygen atoms in total. The molecule has 1 atom stereocenters. The van der Waals surface area contributed by atoms with Gasteiger partial charge in [0.1, 0.15) is 0 Å². The molecule has 0 saturated heterocycles. The van der Waals surface area contributed by atoms with Crippen LogP contribution in [0.2, 0.25) is 5.02 Å². The highest BCUT2D eigenvalue weighted by Gasteiger charge is 2.31. The first kappa shape index (κ1) is 41.3. The number of carbonyl (C=O) groups is 3. The molecule has 314 valence electrons. The summed E-state index contributed by atoms with van der Waals surface area (Å²) in [5.74, 6) is 0.718. The second-order valence-electron chi connectivity index (χ2n) is 17.8. The first-order valence-electron chi connectivity index (χ1n) is 22.1. The molecule has 2 aromatic heterocycles. The van der Waals surface area contributed by atoms with Crippen LogP contribution in [0.3, 0.4) is 0 Å². The predicted molar refractivity (Wildman–Crippen MR) is 232 cm³/mol. The minimum Gasteiger partial charge on any atom is -0.481 e. The van der Waals surface area contributed by atoms with Gasteiger partial charge in [-0.3, -0.25) is 19.3 Å². The molecule has 3 N–H and O–H groups in total. The van der Waals surface area contributed by atoms with Crippen LogP contribution in [0, 0.1) is 24.7 Å². The number of hydrogen-bond acceptors (Lipinski definition) is 6. The quantitative estimate of drug-likeness (QED) is 0.145. The first-order valence-corrected chi connectivity index (χ1v) is 22.5. The number of fused-ring (bicyclic) bond motifs is 2. The highest BCUT2D eigenvalue weighted by molar-refractivity contribution is 6.36. The van der Waals surface area contributed by atoms with E-state index in [1.54, 1.807) is 6.07 Å². The molecule has 1 unspecified atom stereocenters. The zero-order valence-electron chi connectivity index (χ0n) is 35.0. The van der Waals surface area contributed by atoms with Crippen LogP contribution in [0.25, 0.3) is 11.1 Å². The number of carbonyl (C=O) groups excluding carboxylic acids is 2. The maximum Gasteiger partial charge on any atom is 0.306 e. The lowest BCUT2D eigenvalue weighted by molar-refractivity contribution is -0.143. The van der Waals surface area contributed by atoms with Crippen molar-refractivity contribution in [1.29, 1.82) is 0 Å². The number of aryl methyl sites for hydroxylation is 1. The molecule has 2 amide bonds. The standard InChI is InChI=1S/C47H60ClN7O4/c1-29-34(13-8-15-36(29)51-45(56)44-50-39-28-55(27-26-41(39)54(44)3)33-11-5-4-6-12-33)35-14-9-17-38(42(35)48)52-46(57)43-49-37-16-7-10-30(22-25-40(37)53(43)2)18-19-31-20-23-32(24-21-31)47(58)59/h8-9,13-15,17,30-33H,4-7,10-12,16,18-28H2,1-3H3,(H,51,56)(H,52,57)(H,58,59). The van der Waals surface area contributed by atoms with E-state index in [4.69, 9.17) is 21.6 Å². The third-order valence-corrected chi connectivity index (χ3v) is 14.6. The van der Waals surface area contributed by atoms with E-state index in [1.165, 1.54) is 44.9 Å². The molecule has 3 aliphatic carbocycles. The van der Waals surface area contributed by atoms with Crippen molar-refractivity contribution in [2.45, 2.75) is 129 Å².